The molecular weight excluding hydrogens is 462 g/mol. The van der Waals surface area contributed by atoms with Crippen molar-refractivity contribution >= 4 is 40.0 Å². The SMILES string of the molecule is COC(=O)c1c(NC(=O)C(C)Sc2c([O-])on[n+]2-c2ccc(C)cc2)sc2c1CCC(C)C2. The number of amides is 1. The van der Waals surface area contributed by atoms with E-state index in [1.807, 2.05) is 31.2 Å². The molecular formula is C23H25N3O5S2. The number of methoxy groups -OCH3 is 1. The summed E-state index contributed by atoms with van der Waals surface area (Å²) in [5.74, 6) is -0.861. The minimum Gasteiger partial charge on any atom is -0.538 e. The lowest BCUT2D eigenvalue weighted by Gasteiger charge is -2.18. The van der Waals surface area contributed by atoms with Crippen molar-refractivity contribution < 1.29 is 28.6 Å². The van der Waals surface area contributed by atoms with E-state index in [9.17, 15) is 14.7 Å². The highest BCUT2D eigenvalue weighted by Crippen LogP contribution is 2.40. The number of anilines is 1. The Labute approximate surface area is 199 Å². The molecule has 0 saturated carbocycles. The number of nitrogens with one attached hydrogen (secondary N) is 1. The van der Waals surface area contributed by atoms with Crippen LogP contribution in [0.5, 0.6) is 5.95 Å². The van der Waals surface area contributed by atoms with Gasteiger partial charge in [0, 0.05) is 17.0 Å². The van der Waals surface area contributed by atoms with Gasteiger partial charge in [0.1, 0.15) is 5.00 Å². The Bertz CT molecular complexity index is 1190. The lowest BCUT2D eigenvalue weighted by Crippen LogP contribution is -2.36. The molecule has 4 rings (SSSR count). The van der Waals surface area contributed by atoms with E-state index in [0.717, 1.165) is 47.0 Å². The Morgan fingerprint density at radius 2 is 2.09 bits per heavy atom. The quantitative estimate of drug-likeness (QED) is 0.322. The van der Waals surface area contributed by atoms with Crippen LogP contribution in [0.4, 0.5) is 5.00 Å². The third kappa shape index (κ3) is 4.77. The molecule has 2 atom stereocenters. The zero-order chi connectivity index (χ0) is 23.7. The van der Waals surface area contributed by atoms with Gasteiger partial charge in [0.15, 0.2) is 5.95 Å². The van der Waals surface area contributed by atoms with Gasteiger partial charge in [0.05, 0.1) is 23.2 Å². The number of fused-ring (bicyclic) bond motifs is 1. The number of thioether (sulfide) groups is 1. The van der Waals surface area contributed by atoms with E-state index in [0.29, 0.717) is 22.2 Å². The van der Waals surface area contributed by atoms with Gasteiger partial charge in [-0.3, -0.25) is 4.79 Å². The van der Waals surface area contributed by atoms with Crippen molar-refractivity contribution in [3.8, 4) is 11.6 Å². The van der Waals surface area contributed by atoms with Gasteiger partial charge in [0.2, 0.25) is 11.6 Å². The van der Waals surface area contributed by atoms with Crippen molar-refractivity contribution in [2.24, 2.45) is 5.92 Å². The predicted molar refractivity (Wildman–Crippen MR) is 123 cm³/mol. The molecule has 3 aromatic rings. The molecule has 2 aromatic heterocycles. The first-order valence-electron chi connectivity index (χ1n) is 10.6. The average Bonchev–Trinajstić information content (AvgIpc) is 3.33. The Balaban J connectivity index is 1.56. The summed E-state index contributed by atoms with van der Waals surface area (Å²) in [7, 11) is 1.34. The maximum Gasteiger partial charge on any atom is 0.341 e. The molecule has 0 bridgehead atoms. The lowest BCUT2D eigenvalue weighted by molar-refractivity contribution is -0.705. The van der Waals surface area contributed by atoms with Crippen molar-refractivity contribution in [3.63, 3.8) is 0 Å². The van der Waals surface area contributed by atoms with E-state index in [4.69, 9.17) is 9.26 Å². The first kappa shape index (κ1) is 23.3. The van der Waals surface area contributed by atoms with Crippen LogP contribution in [0.25, 0.3) is 5.69 Å². The Morgan fingerprint density at radius 1 is 1.36 bits per heavy atom. The molecule has 0 fully saturated rings. The molecule has 1 amide bonds. The number of rotatable bonds is 6. The normalized spacial score (nSPS) is 16.2. The summed E-state index contributed by atoms with van der Waals surface area (Å²) in [6.45, 7) is 5.84. The number of carbonyl (C=O) groups is 2. The van der Waals surface area contributed by atoms with Crippen LogP contribution in [0.3, 0.4) is 0 Å². The largest absolute Gasteiger partial charge is 0.538 e. The number of ether oxygens (including phenoxy) is 1. The standard InChI is InChI=1S/C23H25N3O5S2/c1-12-5-8-15(9-6-12)26-21(23(29)31-25-26)32-14(3)19(27)24-20-18(22(28)30-4)16-10-7-13(2)11-17(16)33-20/h5-6,8-9,13-14H,7,10-11H2,1-4H3,(H-,24,25,27,28,29). The zero-order valence-electron chi connectivity index (χ0n) is 18.8. The number of carbonyl (C=O) groups excluding carboxylic acids is 2. The Morgan fingerprint density at radius 3 is 2.79 bits per heavy atom. The van der Waals surface area contributed by atoms with Crippen LogP contribution in [0.1, 0.15) is 46.6 Å². The summed E-state index contributed by atoms with van der Waals surface area (Å²) in [5, 5.41) is 19.1. The Hall–Kier alpha value is -2.85. The molecule has 10 heteroatoms. The van der Waals surface area contributed by atoms with Gasteiger partial charge in [-0.25, -0.2) is 4.79 Å². The second-order valence-corrected chi connectivity index (χ2v) is 10.6. The number of aromatic nitrogens is 2. The predicted octanol–water partition coefficient (Wildman–Crippen LogP) is 3.43. The highest BCUT2D eigenvalue weighted by atomic mass is 32.2. The molecule has 0 aliphatic heterocycles. The van der Waals surface area contributed by atoms with Crippen molar-refractivity contribution in [2.45, 2.75) is 50.3 Å². The van der Waals surface area contributed by atoms with Gasteiger partial charge in [-0.15, -0.1) is 11.3 Å². The van der Waals surface area contributed by atoms with E-state index in [2.05, 4.69) is 17.5 Å². The minimum atomic E-state index is -0.641. The summed E-state index contributed by atoms with van der Waals surface area (Å²) >= 11 is 2.48. The topological polar surface area (TPSA) is 108 Å². The van der Waals surface area contributed by atoms with Gasteiger partial charge < -0.3 is 19.7 Å². The first-order chi connectivity index (χ1) is 15.8. The number of aryl methyl sites for hydroxylation is 1. The molecule has 0 saturated heterocycles. The fourth-order valence-corrected chi connectivity index (χ4v) is 6.05. The zero-order valence-corrected chi connectivity index (χ0v) is 20.5. The molecule has 33 heavy (non-hydrogen) atoms. The van der Waals surface area contributed by atoms with E-state index in [1.54, 1.807) is 6.92 Å². The molecule has 8 nitrogen and oxygen atoms in total. The molecule has 2 heterocycles. The van der Waals surface area contributed by atoms with Crippen LogP contribution >= 0.6 is 23.1 Å². The lowest BCUT2D eigenvalue weighted by atomic mass is 9.88. The number of hydrogen-bond donors (Lipinski definition) is 1. The summed E-state index contributed by atoms with van der Waals surface area (Å²) in [6.07, 6.45) is 2.65. The number of benzene rings is 1. The van der Waals surface area contributed by atoms with E-state index >= 15 is 0 Å². The molecule has 1 aliphatic carbocycles. The smallest absolute Gasteiger partial charge is 0.341 e. The summed E-state index contributed by atoms with van der Waals surface area (Å²) in [6, 6.07) is 7.46. The van der Waals surface area contributed by atoms with E-state index in [-0.39, 0.29) is 10.9 Å². The first-order valence-corrected chi connectivity index (χ1v) is 12.3. The maximum atomic E-state index is 13.0. The van der Waals surface area contributed by atoms with Crippen LogP contribution in [-0.4, -0.2) is 29.5 Å². The molecule has 1 N–H and O–H groups in total. The van der Waals surface area contributed by atoms with Crippen LogP contribution in [-0.2, 0) is 22.4 Å². The molecule has 2 unspecified atom stereocenters. The fourth-order valence-electron chi connectivity index (χ4n) is 3.78. The summed E-state index contributed by atoms with van der Waals surface area (Å²) in [4.78, 5) is 26.6. The van der Waals surface area contributed by atoms with Crippen molar-refractivity contribution in [2.75, 3.05) is 12.4 Å². The van der Waals surface area contributed by atoms with E-state index in [1.165, 1.54) is 23.1 Å². The van der Waals surface area contributed by atoms with Gasteiger partial charge >= 0.3 is 5.97 Å². The summed E-state index contributed by atoms with van der Waals surface area (Å²) in [5.41, 5.74) is 3.15. The monoisotopic (exact) mass is 487 g/mol. The van der Waals surface area contributed by atoms with Crippen LogP contribution in [0.2, 0.25) is 0 Å². The highest BCUT2D eigenvalue weighted by molar-refractivity contribution is 8.00. The number of esters is 1. The number of hydrogen-bond acceptors (Lipinski definition) is 8. The van der Waals surface area contributed by atoms with Crippen LogP contribution in [0, 0.1) is 12.8 Å². The molecule has 0 spiro atoms. The van der Waals surface area contributed by atoms with Crippen molar-refractivity contribution in [3.05, 3.63) is 45.8 Å². The second-order valence-electron chi connectivity index (χ2n) is 8.21. The number of nitrogens with zero attached hydrogens (tertiary/aromatic N) is 2. The average molecular weight is 488 g/mol. The van der Waals surface area contributed by atoms with Crippen LogP contribution in [0.15, 0.2) is 33.8 Å². The van der Waals surface area contributed by atoms with Crippen molar-refractivity contribution in [1.29, 1.82) is 0 Å². The van der Waals surface area contributed by atoms with Crippen molar-refractivity contribution in [1.82, 2.24) is 5.27 Å². The highest BCUT2D eigenvalue weighted by Gasteiger charge is 2.31. The Kier molecular flexibility index (Phi) is 6.76. The van der Waals surface area contributed by atoms with Gasteiger partial charge in [-0.2, -0.15) is 0 Å². The van der Waals surface area contributed by atoms with Gasteiger partial charge in [0.25, 0.3) is 5.03 Å². The van der Waals surface area contributed by atoms with Gasteiger partial charge in [-0.1, -0.05) is 24.6 Å². The molecule has 174 valence electrons. The third-order valence-electron chi connectivity index (χ3n) is 5.65. The molecule has 0 radical (unpaired) electrons. The number of thiophene rings is 1. The fraction of sp³-hybridized carbons (Fsp3) is 0.391. The second kappa shape index (κ2) is 9.56. The maximum absolute atomic E-state index is 13.0. The van der Waals surface area contributed by atoms with Gasteiger partial charge in [-0.05, 0) is 61.0 Å². The minimum absolute atomic E-state index is 0.203. The third-order valence-corrected chi connectivity index (χ3v) is 7.95. The molecule has 1 aliphatic rings. The van der Waals surface area contributed by atoms with Crippen LogP contribution < -0.4 is 15.1 Å². The summed E-state index contributed by atoms with van der Waals surface area (Å²) < 4.78 is 11.2. The van der Waals surface area contributed by atoms with E-state index < -0.39 is 17.2 Å². The molecule has 1 aromatic carbocycles.